The highest BCUT2D eigenvalue weighted by atomic mass is 127. The van der Waals surface area contributed by atoms with Crippen molar-refractivity contribution in [3.8, 4) is 0 Å². The quantitative estimate of drug-likeness (QED) is 0.330. The van der Waals surface area contributed by atoms with Gasteiger partial charge in [0.15, 0.2) is 0 Å². The lowest BCUT2D eigenvalue weighted by Gasteiger charge is -2.41. The zero-order valence-corrected chi connectivity index (χ0v) is 11.1. The molecule has 78 valence electrons. The highest BCUT2D eigenvalue weighted by Crippen LogP contribution is 2.11. The molecule has 0 N–H and O–H groups in total. The Morgan fingerprint density at radius 1 is 1.23 bits per heavy atom. The Hall–Kier alpha value is 0.650. The molecular formula is C10H22IN2+. The molecule has 1 aliphatic heterocycles. The van der Waals surface area contributed by atoms with Crippen molar-refractivity contribution < 1.29 is 4.48 Å². The standard InChI is InChI=1S/C10H22IN2/c1-12-6-9-13(2,10-7-12)8-4-3-5-11/h3-10H2,1-2H3/q+1. The number of hydrogen-bond acceptors (Lipinski definition) is 1. The minimum Gasteiger partial charge on any atom is -0.324 e. The van der Waals surface area contributed by atoms with Crippen LogP contribution in [0.1, 0.15) is 12.8 Å². The van der Waals surface area contributed by atoms with Gasteiger partial charge in [-0.05, 0) is 24.3 Å². The highest BCUT2D eigenvalue weighted by molar-refractivity contribution is 14.1. The molecule has 2 nitrogen and oxygen atoms in total. The number of hydrogen-bond donors (Lipinski definition) is 0. The van der Waals surface area contributed by atoms with E-state index in [1.807, 2.05) is 0 Å². The molecule has 0 aromatic carbocycles. The summed E-state index contributed by atoms with van der Waals surface area (Å²) in [5, 5.41) is 0. The van der Waals surface area contributed by atoms with E-state index in [-0.39, 0.29) is 0 Å². The Morgan fingerprint density at radius 2 is 1.85 bits per heavy atom. The summed E-state index contributed by atoms with van der Waals surface area (Å²) in [6.45, 7) is 6.63. The number of piperazine rings is 1. The first kappa shape index (κ1) is 11.7. The van der Waals surface area contributed by atoms with E-state index in [0.717, 1.165) is 0 Å². The smallest absolute Gasteiger partial charge is 0.0914 e. The van der Waals surface area contributed by atoms with Gasteiger partial charge in [-0.3, -0.25) is 4.90 Å². The van der Waals surface area contributed by atoms with Crippen LogP contribution < -0.4 is 0 Å². The molecular weight excluding hydrogens is 275 g/mol. The van der Waals surface area contributed by atoms with Gasteiger partial charge in [-0.2, -0.15) is 0 Å². The number of unbranched alkanes of at least 4 members (excludes halogenated alkanes) is 1. The first-order valence-electron chi connectivity index (χ1n) is 5.24. The molecule has 1 rings (SSSR count). The van der Waals surface area contributed by atoms with Gasteiger partial charge in [-0.25, -0.2) is 0 Å². The van der Waals surface area contributed by atoms with Gasteiger partial charge in [-0.1, -0.05) is 22.6 Å². The normalized spacial score (nSPS) is 23.3. The average Bonchev–Trinajstić information content (AvgIpc) is 2.12. The van der Waals surface area contributed by atoms with E-state index in [2.05, 4.69) is 41.6 Å². The first-order chi connectivity index (χ1) is 6.16. The van der Waals surface area contributed by atoms with Crippen LogP contribution in [0, 0.1) is 0 Å². The lowest BCUT2D eigenvalue weighted by Crippen LogP contribution is -2.56. The van der Waals surface area contributed by atoms with Crippen LogP contribution in [0.5, 0.6) is 0 Å². The third-order valence-electron chi connectivity index (χ3n) is 3.12. The summed E-state index contributed by atoms with van der Waals surface area (Å²) in [5.41, 5.74) is 0. The maximum absolute atomic E-state index is 2.47. The molecule has 0 radical (unpaired) electrons. The van der Waals surface area contributed by atoms with E-state index in [4.69, 9.17) is 0 Å². The van der Waals surface area contributed by atoms with Gasteiger partial charge in [0.05, 0.1) is 26.7 Å². The molecule has 0 unspecified atom stereocenters. The van der Waals surface area contributed by atoms with Gasteiger partial charge >= 0.3 is 0 Å². The second-order valence-corrected chi connectivity index (χ2v) is 5.57. The van der Waals surface area contributed by atoms with Gasteiger partial charge in [-0.15, -0.1) is 0 Å². The minimum absolute atomic E-state index is 1.28. The highest BCUT2D eigenvalue weighted by Gasteiger charge is 2.25. The second-order valence-electron chi connectivity index (χ2n) is 4.49. The summed E-state index contributed by atoms with van der Waals surface area (Å²) >= 11 is 2.47. The molecule has 0 aliphatic carbocycles. The van der Waals surface area contributed by atoms with E-state index in [1.54, 1.807) is 0 Å². The predicted octanol–water partition coefficient (Wildman–Crippen LogP) is 1.59. The van der Waals surface area contributed by atoms with Gasteiger partial charge in [0.1, 0.15) is 0 Å². The van der Waals surface area contributed by atoms with Gasteiger partial charge in [0.25, 0.3) is 0 Å². The van der Waals surface area contributed by atoms with E-state index in [0.29, 0.717) is 0 Å². The fourth-order valence-electron chi connectivity index (χ4n) is 1.86. The Balaban J connectivity index is 2.22. The Bertz CT molecular complexity index is 142. The molecule has 0 aromatic rings. The molecule has 1 heterocycles. The third kappa shape index (κ3) is 4.13. The number of likely N-dealkylation sites (N-methyl/N-ethyl adjacent to an activating group) is 2. The van der Waals surface area contributed by atoms with E-state index < -0.39 is 0 Å². The SMILES string of the molecule is CN1CC[N+](C)(CCCCI)CC1. The zero-order chi connectivity index (χ0) is 9.73. The molecule has 1 aliphatic rings. The van der Waals surface area contributed by atoms with Crippen LogP contribution in [0.15, 0.2) is 0 Å². The molecule has 0 amide bonds. The van der Waals surface area contributed by atoms with Crippen LogP contribution in [0.2, 0.25) is 0 Å². The van der Waals surface area contributed by atoms with Crippen LogP contribution in [-0.2, 0) is 0 Å². The zero-order valence-electron chi connectivity index (χ0n) is 8.93. The van der Waals surface area contributed by atoms with Crippen LogP contribution in [-0.4, -0.2) is 60.6 Å². The lowest BCUT2D eigenvalue weighted by molar-refractivity contribution is -0.913. The van der Waals surface area contributed by atoms with E-state index >= 15 is 0 Å². The van der Waals surface area contributed by atoms with Crippen LogP contribution in [0.3, 0.4) is 0 Å². The number of alkyl halides is 1. The summed E-state index contributed by atoms with van der Waals surface area (Å²) in [6, 6.07) is 0. The lowest BCUT2D eigenvalue weighted by atomic mass is 10.2. The fourth-order valence-corrected chi connectivity index (χ4v) is 2.40. The monoisotopic (exact) mass is 297 g/mol. The number of rotatable bonds is 4. The van der Waals surface area contributed by atoms with Crippen molar-refractivity contribution in [2.24, 2.45) is 0 Å². The van der Waals surface area contributed by atoms with Crippen molar-refractivity contribution in [2.75, 3.05) is 51.2 Å². The van der Waals surface area contributed by atoms with E-state index in [1.165, 1.54) is 54.5 Å². The number of quaternary nitrogens is 1. The van der Waals surface area contributed by atoms with E-state index in [9.17, 15) is 0 Å². The van der Waals surface area contributed by atoms with Crippen LogP contribution in [0.25, 0.3) is 0 Å². The Morgan fingerprint density at radius 3 is 2.38 bits per heavy atom. The van der Waals surface area contributed by atoms with Gasteiger partial charge in [0, 0.05) is 13.1 Å². The topological polar surface area (TPSA) is 3.24 Å². The molecule has 0 saturated carbocycles. The summed E-state index contributed by atoms with van der Waals surface area (Å²) in [4.78, 5) is 2.44. The Labute approximate surface area is 96.0 Å². The summed E-state index contributed by atoms with van der Waals surface area (Å²) in [6.07, 6.45) is 2.80. The molecule has 1 saturated heterocycles. The van der Waals surface area contributed by atoms with Crippen molar-refractivity contribution in [1.82, 2.24) is 4.90 Å². The molecule has 0 aromatic heterocycles. The molecule has 0 bridgehead atoms. The molecule has 1 fully saturated rings. The van der Waals surface area contributed by atoms with Crippen molar-refractivity contribution in [2.45, 2.75) is 12.8 Å². The van der Waals surface area contributed by atoms with Gasteiger partial charge < -0.3 is 4.48 Å². The van der Waals surface area contributed by atoms with Crippen molar-refractivity contribution in [3.63, 3.8) is 0 Å². The second kappa shape index (κ2) is 5.51. The van der Waals surface area contributed by atoms with Crippen LogP contribution in [0.4, 0.5) is 0 Å². The maximum Gasteiger partial charge on any atom is 0.0914 e. The van der Waals surface area contributed by atoms with Crippen molar-refractivity contribution in [1.29, 1.82) is 0 Å². The first-order valence-corrected chi connectivity index (χ1v) is 6.77. The molecule has 3 heteroatoms. The Kier molecular flexibility index (Phi) is 4.97. The number of nitrogens with zero attached hydrogens (tertiary/aromatic N) is 2. The molecule has 13 heavy (non-hydrogen) atoms. The minimum atomic E-state index is 1.28. The largest absolute Gasteiger partial charge is 0.324 e. The predicted molar refractivity (Wildman–Crippen MR) is 66.4 cm³/mol. The number of halogens is 1. The fraction of sp³-hybridized carbons (Fsp3) is 1.00. The molecule has 0 spiro atoms. The molecule has 0 atom stereocenters. The maximum atomic E-state index is 2.47. The van der Waals surface area contributed by atoms with Gasteiger partial charge in [0.2, 0.25) is 0 Å². The van der Waals surface area contributed by atoms with Crippen LogP contribution >= 0.6 is 22.6 Å². The third-order valence-corrected chi connectivity index (χ3v) is 3.89. The average molecular weight is 297 g/mol. The summed E-state index contributed by atoms with van der Waals surface area (Å²) in [5.74, 6) is 0. The van der Waals surface area contributed by atoms with Crippen molar-refractivity contribution in [3.05, 3.63) is 0 Å². The summed E-state index contributed by atoms with van der Waals surface area (Å²) in [7, 11) is 4.65. The van der Waals surface area contributed by atoms with Crippen molar-refractivity contribution >= 4 is 22.6 Å². The summed E-state index contributed by atoms with van der Waals surface area (Å²) < 4.78 is 2.62.